The van der Waals surface area contributed by atoms with E-state index in [0.717, 1.165) is 25.5 Å². The van der Waals surface area contributed by atoms with Gasteiger partial charge in [0.05, 0.1) is 32.9 Å². The number of nitrogens with two attached hydrogens (primary N) is 1. The zero-order valence-corrected chi connectivity index (χ0v) is 25.2. The molecule has 0 radical (unpaired) electrons. The number of nitrogens with one attached hydrogen (secondary N) is 1. The van der Waals surface area contributed by atoms with Crippen molar-refractivity contribution in [3.8, 4) is 17.3 Å². The summed E-state index contributed by atoms with van der Waals surface area (Å²) < 4.78 is 91.9. The normalized spacial score (nSPS) is 28.4. The summed E-state index contributed by atoms with van der Waals surface area (Å²) in [6.07, 6.45) is -5.58. The molecule has 0 aliphatic carbocycles. The maximum Gasteiger partial charge on any atom is 0.418 e. The molecule has 0 amide bonds. The lowest BCUT2D eigenvalue weighted by Gasteiger charge is -2.41. The molecule has 4 aliphatic rings. The van der Waals surface area contributed by atoms with E-state index >= 15 is 0 Å². The fourth-order valence-corrected chi connectivity index (χ4v) is 8.07. The van der Waals surface area contributed by atoms with Crippen molar-refractivity contribution >= 4 is 34.1 Å². The van der Waals surface area contributed by atoms with Crippen molar-refractivity contribution in [2.75, 3.05) is 43.4 Å². The Hall–Kier alpha value is -3.10. The number of hydrogen-bond donors (Lipinski definition) is 2. The van der Waals surface area contributed by atoms with Gasteiger partial charge >= 0.3 is 12.2 Å². The number of halogens is 7. The second-order valence-electron chi connectivity index (χ2n) is 12.8. The predicted octanol–water partition coefficient (Wildman–Crippen LogP) is 5.79. The first-order valence-electron chi connectivity index (χ1n) is 15.0. The topological polar surface area (TPSA) is 92.4 Å². The van der Waals surface area contributed by atoms with Crippen molar-refractivity contribution in [1.29, 1.82) is 0 Å². The number of benzene rings is 1. The molecule has 7 rings (SSSR count). The molecule has 8 nitrogen and oxygen atoms in total. The number of pyridine rings is 1. The number of ether oxygens (including phenoxy) is 1. The molecule has 4 unspecified atom stereocenters. The predicted molar refractivity (Wildman–Crippen MR) is 158 cm³/mol. The zero-order valence-electron chi connectivity index (χ0n) is 24.4. The van der Waals surface area contributed by atoms with Gasteiger partial charge in [-0.25, -0.2) is 18.2 Å². The number of anilines is 2. The number of rotatable bonds is 6. The third-order valence-corrected chi connectivity index (χ3v) is 10.1. The smallest absolute Gasteiger partial charge is 0.418 e. The van der Waals surface area contributed by atoms with Crippen molar-refractivity contribution in [3.05, 3.63) is 34.3 Å². The van der Waals surface area contributed by atoms with Crippen LogP contribution in [0.1, 0.15) is 43.2 Å². The highest BCUT2D eigenvalue weighted by molar-refractivity contribution is 6.34. The molecule has 45 heavy (non-hydrogen) atoms. The van der Waals surface area contributed by atoms with E-state index in [1.807, 2.05) is 0 Å². The van der Waals surface area contributed by atoms with Gasteiger partial charge in [-0.1, -0.05) is 11.6 Å². The molecule has 2 bridgehead atoms. The Morgan fingerprint density at radius 3 is 2.71 bits per heavy atom. The average molecular weight is 656 g/mol. The van der Waals surface area contributed by atoms with Gasteiger partial charge in [0.15, 0.2) is 0 Å². The molecule has 2 aromatic heterocycles. The highest BCUT2D eigenvalue weighted by Gasteiger charge is 2.52. The van der Waals surface area contributed by atoms with Crippen LogP contribution >= 0.6 is 11.6 Å². The number of nitrogens with zero attached hydrogens (tertiary/aromatic N) is 5. The van der Waals surface area contributed by atoms with Gasteiger partial charge < -0.3 is 20.7 Å². The Kier molecular flexibility index (Phi) is 7.28. The van der Waals surface area contributed by atoms with E-state index in [4.69, 9.17) is 22.1 Å². The molecule has 1 aromatic carbocycles. The van der Waals surface area contributed by atoms with Crippen molar-refractivity contribution in [1.82, 2.24) is 25.2 Å². The Morgan fingerprint density at radius 2 is 1.96 bits per heavy atom. The standard InChI is InChI=1S/C30H32ClF6N7O/c1-15-7-22(38)40-24(23(15)30(35,36)37)18-9-21-19(8-20(18)31)25(43-12-17-3-5-29(13-43,42-17)26(33)34)41-27(39-21)45-14-28-4-2-6-44(28)11-16(32)10-28/h7-9,16-17,26,42H,2-6,10-14H2,1H3,(H2,38,40). The third-order valence-electron chi connectivity index (χ3n) is 9.81. The van der Waals surface area contributed by atoms with Gasteiger partial charge in [0.25, 0.3) is 6.43 Å². The molecule has 4 saturated heterocycles. The second kappa shape index (κ2) is 10.7. The van der Waals surface area contributed by atoms with Gasteiger partial charge in [0.1, 0.15) is 24.4 Å². The molecule has 4 fully saturated rings. The van der Waals surface area contributed by atoms with Crippen LogP contribution in [-0.4, -0.2) is 82.4 Å². The van der Waals surface area contributed by atoms with Crippen LogP contribution in [0.25, 0.3) is 22.2 Å². The highest BCUT2D eigenvalue weighted by atomic mass is 35.5. The van der Waals surface area contributed by atoms with E-state index in [1.165, 1.54) is 19.1 Å². The van der Waals surface area contributed by atoms with E-state index in [-0.39, 0.29) is 64.9 Å². The molecule has 4 atom stereocenters. The molecule has 242 valence electrons. The van der Waals surface area contributed by atoms with Crippen LogP contribution in [0.2, 0.25) is 5.02 Å². The number of aromatic nitrogens is 3. The summed E-state index contributed by atoms with van der Waals surface area (Å²) in [5, 5.41) is 3.37. The molecular weight excluding hydrogens is 624 g/mol. The van der Waals surface area contributed by atoms with Crippen molar-refractivity contribution in [3.63, 3.8) is 0 Å². The number of nitrogen functional groups attached to an aromatic ring is 1. The van der Waals surface area contributed by atoms with Crippen molar-refractivity contribution in [2.24, 2.45) is 0 Å². The van der Waals surface area contributed by atoms with Crippen molar-refractivity contribution in [2.45, 2.75) is 74.9 Å². The van der Waals surface area contributed by atoms with E-state index in [9.17, 15) is 26.3 Å². The monoisotopic (exact) mass is 655 g/mol. The van der Waals surface area contributed by atoms with Crippen LogP contribution in [0.15, 0.2) is 18.2 Å². The van der Waals surface area contributed by atoms with Gasteiger partial charge in [-0.15, -0.1) is 0 Å². The Balaban J connectivity index is 1.36. The van der Waals surface area contributed by atoms with E-state index in [1.54, 1.807) is 4.90 Å². The molecular formula is C30H32ClF6N7O. The van der Waals surface area contributed by atoms with Crippen LogP contribution in [0, 0.1) is 6.92 Å². The molecule has 6 heterocycles. The van der Waals surface area contributed by atoms with E-state index < -0.39 is 41.1 Å². The minimum Gasteiger partial charge on any atom is -0.461 e. The van der Waals surface area contributed by atoms with Crippen LogP contribution in [-0.2, 0) is 6.18 Å². The largest absolute Gasteiger partial charge is 0.461 e. The summed E-state index contributed by atoms with van der Waals surface area (Å²) in [6.45, 7) is 2.79. The fourth-order valence-electron chi connectivity index (χ4n) is 7.82. The van der Waals surface area contributed by atoms with Gasteiger partial charge in [-0.05, 0) is 62.9 Å². The van der Waals surface area contributed by atoms with Gasteiger partial charge in [0.2, 0.25) is 0 Å². The summed E-state index contributed by atoms with van der Waals surface area (Å²) >= 11 is 6.66. The van der Waals surface area contributed by atoms with Gasteiger partial charge in [-0.3, -0.25) is 4.90 Å². The lowest BCUT2D eigenvalue weighted by atomic mass is 9.95. The molecule has 0 saturated carbocycles. The Bertz CT molecular complexity index is 1660. The third kappa shape index (κ3) is 5.22. The maximum atomic E-state index is 14.4. The number of aryl methyl sites for hydroxylation is 1. The molecule has 3 aromatic rings. The van der Waals surface area contributed by atoms with Crippen LogP contribution in [0.4, 0.5) is 38.0 Å². The number of fused-ring (bicyclic) bond motifs is 4. The summed E-state index contributed by atoms with van der Waals surface area (Å²) in [6, 6.07) is 3.66. The summed E-state index contributed by atoms with van der Waals surface area (Å²) in [4.78, 5) is 17.1. The van der Waals surface area contributed by atoms with E-state index in [2.05, 4.69) is 25.2 Å². The minimum absolute atomic E-state index is 0.0523. The van der Waals surface area contributed by atoms with E-state index in [0.29, 0.717) is 31.3 Å². The molecule has 15 heteroatoms. The molecule has 3 N–H and O–H groups in total. The van der Waals surface area contributed by atoms with Gasteiger partial charge in [-0.2, -0.15) is 23.1 Å². The van der Waals surface area contributed by atoms with Crippen LogP contribution < -0.4 is 20.7 Å². The number of alkyl halides is 6. The van der Waals surface area contributed by atoms with Gasteiger partial charge in [0, 0.05) is 43.0 Å². The van der Waals surface area contributed by atoms with Crippen LogP contribution in [0.5, 0.6) is 6.01 Å². The molecule has 4 aliphatic heterocycles. The Labute approximate surface area is 260 Å². The first-order valence-corrected chi connectivity index (χ1v) is 15.3. The minimum atomic E-state index is -4.75. The summed E-state index contributed by atoms with van der Waals surface area (Å²) in [5.74, 6) is 0.168. The molecule has 0 spiro atoms. The maximum absolute atomic E-state index is 14.4. The second-order valence-corrected chi connectivity index (χ2v) is 13.3. The lowest BCUT2D eigenvalue weighted by Crippen LogP contribution is -2.63. The number of piperazine rings is 1. The number of hydrogen-bond acceptors (Lipinski definition) is 8. The highest BCUT2D eigenvalue weighted by Crippen LogP contribution is 2.45. The van der Waals surface area contributed by atoms with Crippen LogP contribution in [0.3, 0.4) is 0 Å². The lowest BCUT2D eigenvalue weighted by molar-refractivity contribution is -0.137. The van der Waals surface area contributed by atoms with Crippen molar-refractivity contribution < 1.29 is 31.1 Å². The summed E-state index contributed by atoms with van der Waals surface area (Å²) in [7, 11) is 0. The SMILES string of the molecule is Cc1cc(N)nc(-c2cc3nc(OCC45CCCN4CC(F)C5)nc(N4CC5CCC(C(F)F)(C4)N5)c3cc2Cl)c1C(F)(F)F. The average Bonchev–Trinajstić information content (AvgIpc) is 3.59. The fraction of sp³-hybridized carbons (Fsp3) is 0.567. The first kappa shape index (κ1) is 30.5. The quantitative estimate of drug-likeness (QED) is 0.323. The first-order chi connectivity index (χ1) is 21.3. The summed E-state index contributed by atoms with van der Waals surface area (Å²) in [5.41, 5.74) is 2.51. The zero-order chi connectivity index (χ0) is 31.9. The Morgan fingerprint density at radius 1 is 1.16 bits per heavy atom.